The molecule has 0 saturated heterocycles. The Bertz CT molecular complexity index is 1360. The van der Waals surface area contributed by atoms with E-state index in [1.807, 2.05) is 37.3 Å². The smallest absolute Gasteiger partial charge is 0.273 e. The number of nitrogens with zero attached hydrogens (tertiary/aromatic N) is 2. The van der Waals surface area contributed by atoms with Gasteiger partial charge in [0.2, 0.25) is 0 Å². The van der Waals surface area contributed by atoms with E-state index in [4.69, 9.17) is 20.8 Å². The zero-order valence-electron chi connectivity index (χ0n) is 18.4. The first-order valence-electron chi connectivity index (χ1n) is 10.7. The molecule has 1 unspecified atom stereocenters. The fourth-order valence-electron chi connectivity index (χ4n) is 4.24. The average molecular weight is 476 g/mol. The first-order chi connectivity index (χ1) is 16.5. The van der Waals surface area contributed by atoms with Gasteiger partial charge in [-0.05, 0) is 54.4 Å². The molecule has 0 saturated carbocycles. The highest BCUT2D eigenvalue weighted by Crippen LogP contribution is 2.46. The van der Waals surface area contributed by atoms with Gasteiger partial charge in [0.15, 0.2) is 0 Å². The number of aromatic nitrogens is 2. The number of furan rings is 1. The Balaban J connectivity index is 1.63. The summed E-state index contributed by atoms with van der Waals surface area (Å²) < 4.78 is 11.1. The number of aromatic hydroxyl groups is 1. The Morgan fingerprint density at radius 1 is 1.29 bits per heavy atom. The number of H-pyrrole nitrogens is 1. The number of hydrogen-bond acceptors (Lipinski definition) is 5. The molecule has 34 heavy (non-hydrogen) atoms. The predicted octanol–water partition coefficient (Wildman–Crippen LogP) is 5.65. The topological polar surface area (TPSA) is 91.6 Å². The van der Waals surface area contributed by atoms with E-state index < -0.39 is 6.04 Å². The first kappa shape index (κ1) is 21.9. The number of hydrogen-bond donors (Lipinski definition) is 2. The number of rotatable bonds is 7. The molecule has 8 heteroatoms. The standard InChI is InChI=1S/C26H22ClN3O4/c1-3-10-33-17-8-6-16(7-9-17)25-22-23(19-13-20(27)15(2)12-21(19)31)28-29-24(22)26(32)30(25)14-18-5-4-11-34-18/h3-9,11-13,25,31H,1,10,14H2,2H3,(H,28,29). The summed E-state index contributed by atoms with van der Waals surface area (Å²) in [7, 11) is 0. The van der Waals surface area contributed by atoms with Crippen molar-refractivity contribution in [3.05, 3.63) is 101 Å². The third-order valence-corrected chi connectivity index (χ3v) is 6.27. The van der Waals surface area contributed by atoms with E-state index >= 15 is 0 Å². The molecule has 1 atom stereocenters. The lowest BCUT2D eigenvalue weighted by atomic mass is 9.95. The van der Waals surface area contributed by atoms with Crippen LogP contribution < -0.4 is 4.74 Å². The Kier molecular flexibility index (Phi) is 5.63. The molecule has 0 spiro atoms. The minimum atomic E-state index is -0.464. The van der Waals surface area contributed by atoms with Crippen LogP contribution in [0.4, 0.5) is 0 Å². The fourth-order valence-corrected chi connectivity index (χ4v) is 4.40. The molecule has 1 amide bonds. The number of carbonyl (C=O) groups is 1. The Morgan fingerprint density at radius 3 is 2.79 bits per heavy atom. The number of nitrogens with one attached hydrogen (secondary N) is 1. The van der Waals surface area contributed by atoms with E-state index in [0.717, 1.165) is 11.1 Å². The van der Waals surface area contributed by atoms with E-state index in [2.05, 4.69) is 16.8 Å². The number of carbonyl (C=O) groups excluding carboxylic acids is 1. The maximum Gasteiger partial charge on any atom is 0.273 e. The second-order valence-electron chi connectivity index (χ2n) is 8.06. The molecule has 7 nitrogen and oxygen atoms in total. The number of amides is 1. The maximum absolute atomic E-state index is 13.5. The number of aromatic amines is 1. The summed E-state index contributed by atoms with van der Waals surface area (Å²) in [6, 6.07) is 14.0. The number of phenolic OH excluding ortho intramolecular Hbond substituents is 1. The quantitative estimate of drug-likeness (QED) is 0.337. The third kappa shape index (κ3) is 3.74. The predicted molar refractivity (Wildman–Crippen MR) is 128 cm³/mol. The second kappa shape index (κ2) is 8.76. The van der Waals surface area contributed by atoms with Crippen molar-refractivity contribution in [2.45, 2.75) is 19.5 Å². The SMILES string of the molecule is C=CCOc1ccc(C2c3c(-c4cc(Cl)c(C)cc4O)n[nH]c3C(=O)N2Cc2ccco2)cc1. The summed E-state index contributed by atoms with van der Waals surface area (Å²) in [5.41, 5.74) is 3.58. The van der Waals surface area contributed by atoms with E-state index in [-0.39, 0.29) is 18.2 Å². The molecule has 0 bridgehead atoms. The summed E-state index contributed by atoms with van der Waals surface area (Å²) in [6.45, 7) is 6.15. The molecule has 4 aromatic rings. The first-order valence-corrected chi connectivity index (χ1v) is 11.1. The number of phenols is 1. The number of fused-ring (bicyclic) bond motifs is 1. The molecule has 0 aliphatic carbocycles. The summed E-state index contributed by atoms with van der Waals surface area (Å²) in [5.74, 6) is 1.19. The van der Waals surface area contributed by atoms with Crippen LogP contribution in [0.1, 0.15) is 39.0 Å². The number of ether oxygens (including phenoxy) is 1. The molecule has 2 aromatic heterocycles. The third-order valence-electron chi connectivity index (χ3n) is 5.87. The van der Waals surface area contributed by atoms with Crippen LogP contribution in [0.15, 0.2) is 71.9 Å². The van der Waals surface area contributed by atoms with Gasteiger partial charge in [0.05, 0.1) is 18.8 Å². The fraction of sp³-hybridized carbons (Fsp3) is 0.154. The van der Waals surface area contributed by atoms with Crippen LogP contribution >= 0.6 is 11.6 Å². The molecule has 2 N–H and O–H groups in total. The Labute approximate surface area is 201 Å². The van der Waals surface area contributed by atoms with E-state index in [9.17, 15) is 9.90 Å². The zero-order chi connectivity index (χ0) is 23.8. The van der Waals surface area contributed by atoms with Crippen LogP contribution in [0.2, 0.25) is 5.02 Å². The lowest BCUT2D eigenvalue weighted by Gasteiger charge is -2.26. The molecule has 1 aliphatic heterocycles. The maximum atomic E-state index is 13.5. The highest BCUT2D eigenvalue weighted by atomic mass is 35.5. The lowest BCUT2D eigenvalue weighted by molar-refractivity contribution is 0.0717. The van der Waals surface area contributed by atoms with Gasteiger partial charge >= 0.3 is 0 Å². The van der Waals surface area contributed by atoms with Crippen LogP contribution in [-0.2, 0) is 6.54 Å². The second-order valence-corrected chi connectivity index (χ2v) is 8.47. The molecular weight excluding hydrogens is 454 g/mol. The molecule has 172 valence electrons. The molecule has 3 heterocycles. The highest BCUT2D eigenvalue weighted by molar-refractivity contribution is 6.31. The molecule has 5 rings (SSSR count). The highest BCUT2D eigenvalue weighted by Gasteiger charge is 2.43. The Hall–Kier alpha value is -3.97. The van der Waals surface area contributed by atoms with Crippen molar-refractivity contribution in [1.29, 1.82) is 0 Å². The van der Waals surface area contributed by atoms with Gasteiger partial charge in [0.1, 0.15) is 35.3 Å². The van der Waals surface area contributed by atoms with Crippen molar-refractivity contribution in [1.82, 2.24) is 15.1 Å². The molecule has 0 radical (unpaired) electrons. The summed E-state index contributed by atoms with van der Waals surface area (Å²) >= 11 is 6.36. The largest absolute Gasteiger partial charge is 0.507 e. The Morgan fingerprint density at radius 2 is 2.09 bits per heavy atom. The lowest BCUT2D eigenvalue weighted by Crippen LogP contribution is -2.28. The van der Waals surface area contributed by atoms with E-state index in [1.165, 1.54) is 0 Å². The van der Waals surface area contributed by atoms with Crippen LogP contribution in [0, 0.1) is 6.92 Å². The van der Waals surface area contributed by atoms with E-state index in [0.29, 0.717) is 45.7 Å². The number of benzene rings is 2. The van der Waals surface area contributed by atoms with Crippen molar-refractivity contribution in [2.24, 2.45) is 0 Å². The van der Waals surface area contributed by atoms with Gasteiger partial charge in [-0.2, -0.15) is 5.10 Å². The van der Waals surface area contributed by atoms with Crippen LogP contribution in [-0.4, -0.2) is 32.7 Å². The van der Waals surface area contributed by atoms with Gasteiger partial charge in [-0.15, -0.1) is 0 Å². The van der Waals surface area contributed by atoms with Crippen molar-refractivity contribution in [3.63, 3.8) is 0 Å². The van der Waals surface area contributed by atoms with Gasteiger partial charge < -0.3 is 19.2 Å². The monoisotopic (exact) mass is 475 g/mol. The van der Waals surface area contributed by atoms with Crippen LogP contribution in [0.3, 0.4) is 0 Å². The summed E-state index contributed by atoms with van der Waals surface area (Å²) in [6.07, 6.45) is 3.26. The summed E-state index contributed by atoms with van der Waals surface area (Å²) in [5, 5.41) is 18.5. The molecule has 1 aliphatic rings. The molecular formula is C26H22ClN3O4. The van der Waals surface area contributed by atoms with Gasteiger partial charge in [0.25, 0.3) is 5.91 Å². The minimum absolute atomic E-state index is 0.0417. The normalized spacial score (nSPS) is 14.9. The van der Waals surface area contributed by atoms with Crippen LogP contribution in [0.25, 0.3) is 11.3 Å². The van der Waals surface area contributed by atoms with Crippen molar-refractivity contribution in [2.75, 3.05) is 6.61 Å². The van der Waals surface area contributed by atoms with Gasteiger partial charge in [0, 0.05) is 16.1 Å². The van der Waals surface area contributed by atoms with Crippen LogP contribution in [0.5, 0.6) is 11.5 Å². The van der Waals surface area contributed by atoms with Gasteiger partial charge in [-0.1, -0.05) is 36.4 Å². The average Bonchev–Trinajstić information content (AvgIpc) is 3.55. The van der Waals surface area contributed by atoms with Crippen molar-refractivity contribution in [3.8, 4) is 22.8 Å². The van der Waals surface area contributed by atoms with Crippen molar-refractivity contribution >= 4 is 17.5 Å². The summed E-state index contributed by atoms with van der Waals surface area (Å²) in [4.78, 5) is 15.2. The van der Waals surface area contributed by atoms with Gasteiger partial charge in [-0.25, -0.2) is 0 Å². The molecule has 2 aromatic carbocycles. The zero-order valence-corrected chi connectivity index (χ0v) is 19.2. The minimum Gasteiger partial charge on any atom is -0.507 e. The number of halogens is 1. The van der Waals surface area contributed by atoms with Gasteiger partial charge in [-0.3, -0.25) is 9.89 Å². The molecule has 0 fully saturated rings. The van der Waals surface area contributed by atoms with E-state index in [1.54, 1.807) is 35.4 Å². The van der Waals surface area contributed by atoms with Crippen molar-refractivity contribution < 1.29 is 19.1 Å². The number of aryl methyl sites for hydroxylation is 1.